The Labute approximate surface area is 111 Å². The quantitative estimate of drug-likeness (QED) is 0.393. The van der Waals surface area contributed by atoms with E-state index in [-0.39, 0.29) is 0 Å². The van der Waals surface area contributed by atoms with Gasteiger partial charge in [-0.3, -0.25) is 0 Å². The molecule has 4 unspecified atom stereocenters. The topological polar surface area (TPSA) is 0 Å². The predicted octanol–water partition coefficient (Wildman–Crippen LogP) is 6.30. The van der Waals surface area contributed by atoms with Crippen molar-refractivity contribution >= 4 is 0 Å². The Bertz CT molecular complexity index is 161. The van der Waals surface area contributed by atoms with Crippen LogP contribution in [0.15, 0.2) is 0 Å². The molecule has 0 rings (SSSR count). The summed E-state index contributed by atoms with van der Waals surface area (Å²) in [6.45, 7) is 14.4. The first-order valence-electron chi connectivity index (χ1n) is 8.02. The van der Waals surface area contributed by atoms with E-state index in [9.17, 15) is 0 Å². The molecular formula is C17H36. The summed E-state index contributed by atoms with van der Waals surface area (Å²) in [5, 5.41) is 0. The van der Waals surface area contributed by atoms with Gasteiger partial charge in [0, 0.05) is 0 Å². The molecule has 0 amide bonds. The molecule has 0 aromatic heterocycles. The molecule has 104 valence electrons. The summed E-state index contributed by atoms with van der Waals surface area (Å²) in [6, 6.07) is 0. The van der Waals surface area contributed by atoms with E-state index < -0.39 is 0 Å². The fourth-order valence-electron chi connectivity index (χ4n) is 2.55. The van der Waals surface area contributed by atoms with Gasteiger partial charge in [0.1, 0.15) is 0 Å². The first-order valence-corrected chi connectivity index (χ1v) is 8.02. The van der Waals surface area contributed by atoms with Crippen LogP contribution in [0.2, 0.25) is 0 Å². The van der Waals surface area contributed by atoms with Gasteiger partial charge in [0.15, 0.2) is 0 Å². The van der Waals surface area contributed by atoms with E-state index >= 15 is 0 Å². The predicted molar refractivity (Wildman–Crippen MR) is 80.3 cm³/mol. The van der Waals surface area contributed by atoms with Gasteiger partial charge in [-0.05, 0) is 23.7 Å². The maximum atomic E-state index is 2.47. The van der Waals surface area contributed by atoms with Crippen molar-refractivity contribution in [2.45, 2.75) is 86.5 Å². The molecule has 0 aromatic carbocycles. The van der Waals surface area contributed by atoms with Gasteiger partial charge < -0.3 is 0 Å². The molecule has 0 bridgehead atoms. The second-order valence-electron chi connectivity index (χ2n) is 6.40. The third-order valence-corrected chi connectivity index (χ3v) is 4.87. The van der Waals surface area contributed by atoms with Crippen molar-refractivity contribution in [3.63, 3.8) is 0 Å². The summed E-state index contributed by atoms with van der Waals surface area (Å²) in [6.07, 6.45) is 9.82. The molecule has 0 aromatic rings. The summed E-state index contributed by atoms with van der Waals surface area (Å²) in [4.78, 5) is 0. The first kappa shape index (κ1) is 17.0. The standard InChI is InChI=1S/C17H36/c1-7-9-10-11-15(4)17(6)16(5)13-12-14(3)8-2/h14-17H,7-13H2,1-6H3. The summed E-state index contributed by atoms with van der Waals surface area (Å²) >= 11 is 0. The van der Waals surface area contributed by atoms with Gasteiger partial charge in [0.05, 0.1) is 0 Å². The summed E-state index contributed by atoms with van der Waals surface area (Å²) in [7, 11) is 0. The van der Waals surface area contributed by atoms with Crippen LogP contribution in [0.25, 0.3) is 0 Å². The third-order valence-electron chi connectivity index (χ3n) is 4.87. The molecule has 0 aliphatic carbocycles. The van der Waals surface area contributed by atoms with Crippen LogP contribution in [0.1, 0.15) is 86.5 Å². The van der Waals surface area contributed by atoms with Gasteiger partial charge in [-0.25, -0.2) is 0 Å². The Morgan fingerprint density at radius 2 is 1.29 bits per heavy atom. The van der Waals surface area contributed by atoms with Crippen molar-refractivity contribution in [3.8, 4) is 0 Å². The number of hydrogen-bond acceptors (Lipinski definition) is 0. The van der Waals surface area contributed by atoms with Crippen molar-refractivity contribution in [1.29, 1.82) is 0 Å². The minimum Gasteiger partial charge on any atom is -0.0654 e. The highest BCUT2D eigenvalue weighted by atomic mass is 14.2. The molecule has 0 saturated carbocycles. The zero-order valence-electron chi connectivity index (χ0n) is 13.3. The largest absolute Gasteiger partial charge is 0.0654 e. The summed E-state index contributed by atoms with van der Waals surface area (Å²) in [5.74, 6) is 3.63. The van der Waals surface area contributed by atoms with Crippen LogP contribution in [0, 0.1) is 23.7 Å². The van der Waals surface area contributed by atoms with E-state index in [4.69, 9.17) is 0 Å². The molecule has 0 aliphatic rings. The second-order valence-corrected chi connectivity index (χ2v) is 6.40. The van der Waals surface area contributed by atoms with Gasteiger partial charge in [0.25, 0.3) is 0 Å². The maximum Gasteiger partial charge on any atom is -0.0391 e. The fourth-order valence-corrected chi connectivity index (χ4v) is 2.55. The van der Waals surface area contributed by atoms with Gasteiger partial charge in [-0.15, -0.1) is 0 Å². The van der Waals surface area contributed by atoms with E-state index in [2.05, 4.69) is 41.5 Å². The van der Waals surface area contributed by atoms with Crippen LogP contribution in [0.4, 0.5) is 0 Å². The first-order chi connectivity index (χ1) is 8.02. The minimum atomic E-state index is 0.899. The number of rotatable bonds is 10. The fraction of sp³-hybridized carbons (Fsp3) is 1.00. The van der Waals surface area contributed by atoms with Crippen LogP contribution in [0.5, 0.6) is 0 Å². The van der Waals surface area contributed by atoms with E-state index in [1.165, 1.54) is 44.9 Å². The molecule has 0 aliphatic heterocycles. The van der Waals surface area contributed by atoms with E-state index in [1.807, 2.05) is 0 Å². The Kier molecular flexibility index (Phi) is 9.97. The zero-order valence-corrected chi connectivity index (χ0v) is 13.3. The van der Waals surface area contributed by atoms with Crippen LogP contribution >= 0.6 is 0 Å². The lowest BCUT2D eigenvalue weighted by molar-refractivity contribution is 0.237. The normalized spacial score (nSPS) is 18.7. The highest BCUT2D eigenvalue weighted by Crippen LogP contribution is 2.29. The van der Waals surface area contributed by atoms with Crippen molar-refractivity contribution in [2.24, 2.45) is 23.7 Å². The van der Waals surface area contributed by atoms with Gasteiger partial charge >= 0.3 is 0 Å². The Morgan fingerprint density at radius 1 is 0.706 bits per heavy atom. The average Bonchev–Trinajstić information content (AvgIpc) is 2.34. The summed E-state index contributed by atoms with van der Waals surface area (Å²) in [5.41, 5.74) is 0. The maximum absolute atomic E-state index is 2.47. The average molecular weight is 240 g/mol. The van der Waals surface area contributed by atoms with Crippen molar-refractivity contribution in [3.05, 3.63) is 0 Å². The van der Waals surface area contributed by atoms with Crippen LogP contribution in [-0.2, 0) is 0 Å². The van der Waals surface area contributed by atoms with Crippen molar-refractivity contribution in [1.82, 2.24) is 0 Å². The van der Waals surface area contributed by atoms with Gasteiger partial charge in [0.2, 0.25) is 0 Å². The molecule has 0 fully saturated rings. The summed E-state index contributed by atoms with van der Waals surface area (Å²) < 4.78 is 0. The highest BCUT2D eigenvalue weighted by molar-refractivity contribution is 4.69. The molecule has 17 heavy (non-hydrogen) atoms. The Morgan fingerprint density at radius 3 is 1.82 bits per heavy atom. The van der Waals surface area contributed by atoms with Crippen LogP contribution in [-0.4, -0.2) is 0 Å². The molecule has 0 saturated heterocycles. The lowest BCUT2D eigenvalue weighted by Crippen LogP contribution is -2.17. The molecule has 0 nitrogen and oxygen atoms in total. The van der Waals surface area contributed by atoms with Crippen LogP contribution < -0.4 is 0 Å². The smallest absolute Gasteiger partial charge is 0.0391 e. The molecule has 0 heteroatoms. The Hall–Kier alpha value is 0. The Balaban J connectivity index is 3.81. The number of hydrogen-bond donors (Lipinski definition) is 0. The zero-order chi connectivity index (χ0) is 13.3. The molecule has 0 heterocycles. The monoisotopic (exact) mass is 240 g/mol. The third kappa shape index (κ3) is 7.84. The molecular weight excluding hydrogens is 204 g/mol. The van der Waals surface area contributed by atoms with E-state index in [1.54, 1.807) is 0 Å². The van der Waals surface area contributed by atoms with Crippen LogP contribution in [0.3, 0.4) is 0 Å². The van der Waals surface area contributed by atoms with E-state index in [0.29, 0.717) is 0 Å². The van der Waals surface area contributed by atoms with Crippen molar-refractivity contribution < 1.29 is 0 Å². The minimum absolute atomic E-state index is 0.899. The van der Waals surface area contributed by atoms with E-state index in [0.717, 1.165) is 23.7 Å². The molecule has 0 radical (unpaired) electrons. The van der Waals surface area contributed by atoms with Gasteiger partial charge in [-0.2, -0.15) is 0 Å². The number of unbranched alkanes of at least 4 members (excludes halogenated alkanes) is 2. The van der Waals surface area contributed by atoms with Crippen molar-refractivity contribution in [2.75, 3.05) is 0 Å². The molecule has 0 spiro atoms. The lowest BCUT2D eigenvalue weighted by Gasteiger charge is -2.27. The molecule has 4 atom stereocenters. The lowest BCUT2D eigenvalue weighted by atomic mass is 9.79. The SMILES string of the molecule is CCCCCC(C)C(C)C(C)CCC(C)CC. The second kappa shape index (κ2) is 9.97. The highest BCUT2D eigenvalue weighted by Gasteiger charge is 2.18. The van der Waals surface area contributed by atoms with Gasteiger partial charge in [-0.1, -0.05) is 86.5 Å². The molecule has 0 N–H and O–H groups in total.